The van der Waals surface area contributed by atoms with Gasteiger partial charge in [-0.25, -0.2) is 4.79 Å². The first-order valence-electron chi connectivity index (χ1n) is 10.6. The summed E-state index contributed by atoms with van der Waals surface area (Å²) in [4.78, 5) is 41.6. The molecule has 1 aliphatic heterocycles. The minimum atomic E-state index is -1.23. The molecule has 1 spiro atoms. The molecule has 4 aliphatic rings. The molecule has 0 saturated heterocycles. The fourth-order valence-electron chi connectivity index (χ4n) is 5.60. The van der Waals surface area contributed by atoms with Crippen molar-refractivity contribution in [2.24, 2.45) is 16.8 Å². The summed E-state index contributed by atoms with van der Waals surface area (Å²) >= 11 is 0. The number of alkyl carbamates (subject to hydrolysis) is 1. The number of aliphatic hydroxyl groups excluding tert-OH is 3. The van der Waals surface area contributed by atoms with Crippen LogP contribution in [0, 0.1) is 11.8 Å². The van der Waals surface area contributed by atoms with Crippen LogP contribution in [0.2, 0.25) is 0 Å². The summed E-state index contributed by atoms with van der Waals surface area (Å²) < 4.78 is 4.45. The molecule has 1 saturated carbocycles. The SMILES string of the molecule is CC(=O)C1=C(O)C[C@@H]2CC3Cc4c(CNC(=O)OCO)ccc(O)c4C(O)=C3C(=O)[C@@]23N=C13. The van der Waals surface area contributed by atoms with E-state index in [-0.39, 0.29) is 70.3 Å². The number of benzene rings is 1. The predicted octanol–water partition coefficient (Wildman–Crippen LogP) is 1.60. The molecule has 0 aromatic heterocycles. The number of aromatic hydroxyl groups is 1. The van der Waals surface area contributed by atoms with Crippen LogP contribution in [0.4, 0.5) is 4.79 Å². The zero-order valence-electron chi connectivity index (χ0n) is 17.7. The number of nitrogens with one attached hydrogen (secondary N) is 1. The molecule has 1 unspecified atom stereocenters. The number of rotatable bonds is 4. The molecule has 5 N–H and O–H groups in total. The molecule has 0 radical (unpaired) electrons. The van der Waals surface area contributed by atoms with Gasteiger partial charge in [0.2, 0.25) is 0 Å². The zero-order valence-corrected chi connectivity index (χ0v) is 17.7. The van der Waals surface area contributed by atoms with Crippen molar-refractivity contribution in [3.63, 3.8) is 0 Å². The number of phenols is 1. The second-order valence-corrected chi connectivity index (χ2v) is 8.75. The van der Waals surface area contributed by atoms with Gasteiger partial charge in [-0.05, 0) is 42.9 Å². The summed E-state index contributed by atoms with van der Waals surface area (Å²) in [6, 6.07) is 2.97. The van der Waals surface area contributed by atoms with Crippen LogP contribution in [0.3, 0.4) is 0 Å². The fraction of sp³-hybridized carbons (Fsp3) is 0.391. The van der Waals surface area contributed by atoms with E-state index in [1.807, 2.05) is 0 Å². The lowest BCUT2D eigenvalue weighted by atomic mass is 9.60. The summed E-state index contributed by atoms with van der Waals surface area (Å²) in [7, 11) is 0. The second kappa shape index (κ2) is 7.17. The van der Waals surface area contributed by atoms with Gasteiger partial charge >= 0.3 is 6.09 Å². The molecule has 1 aromatic rings. The number of allylic oxidation sites excluding steroid dienone is 1. The number of aliphatic imine (C=N–C) groups is 1. The first-order chi connectivity index (χ1) is 15.7. The maximum atomic E-state index is 13.6. The number of Topliss-reactive ketones (excluding diaryl/α,β-unsaturated/α-hetero) is 2. The van der Waals surface area contributed by atoms with Crippen molar-refractivity contribution in [2.45, 2.75) is 38.3 Å². The molecule has 1 amide bonds. The minimum Gasteiger partial charge on any atom is -0.511 e. The number of ether oxygens (including phenoxy) is 1. The number of hydrogen-bond acceptors (Lipinski definition) is 9. The number of ketones is 2. The van der Waals surface area contributed by atoms with E-state index in [1.165, 1.54) is 13.0 Å². The number of fused-ring (bicyclic) bond motifs is 2. The standard InChI is InChI=1S/C23H22N2O8/c1-9(27)16-15(29)6-12-4-11-5-13-10(7-24-22(32)33-8-26)2-3-14(28)18(13)19(30)17(11)21(31)23(12)20(16)25-23/h2-3,11-12,26,28-30H,4-8H2,1H3,(H,24,32)/t11?,12-,23+/m0/s1. The van der Waals surface area contributed by atoms with E-state index in [2.05, 4.69) is 15.0 Å². The molecule has 10 heteroatoms. The predicted molar refractivity (Wildman–Crippen MR) is 113 cm³/mol. The first kappa shape index (κ1) is 21.2. The van der Waals surface area contributed by atoms with Gasteiger partial charge in [-0.3, -0.25) is 14.6 Å². The lowest BCUT2D eigenvalue weighted by Gasteiger charge is -2.41. The van der Waals surface area contributed by atoms with Gasteiger partial charge in [0.1, 0.15) is 17.3 Å². The number of amides is 1. The van der Waals surface area contributed by atoms with Gasteiger partial charge < -0.3 is 30.5 Å². The van der Waals surface area contributed by atoms with Crippen LogP contribution in [-0.2, 0) is 27.3 Å². The highest BCUT2D eigenvalue weighted by atomic mass is 16.6. The molecule has 33 heavy (non-hydrogen) atoms. The van der Waals surface area contributed by atoms with Crippen LogP contribution in [0.5, 0.6) is 5.75 Å². The van der Waals surface area contributed by atoms with Gasteiger partial charge in [-0.15, -0.1) is 0 Å². The number of carbonyl (C=O) groups excluding carboxylic acids is 3. The Hall–Kier alpha value is -3.66. The maximum Gasteiger partial charge on any atom is 0.409 e. The Balaban J connectivity index is 1.54. The summed E-state index contributed by atoms with van der Waals surface area (Å²) in [5, 5.41) is 43.2. The number of nitrogens with zero attached hydrogens (tertiary/aromatic N) is 1. The molecule has 172 valence electrons. The molecular formula is C23H22N2O8. The fourth-order valence-corrected chi connectivity index (χ4v) is 5.60. The average molecular weight is 454 g/mol. The van der Waals surface area contributed by atoms with E-state index in [9.17, 15) is 29.7 Å². The van der Waals surface area contributed by atoms with E-state index < -0.39 is 24.2 Å². The average Bonchev–Trinajstić information content (AvgIpc) is 3.48. The van der Waals surface area contributed by atoms with Crippen molar-refractivity contribution in [3.05, 3.63) is 45.7 Å². The van der Waals surface area contributed by atoms with Crippen molar-refractivity contribution < 1.29 is 39.5 Å². The third-order valence-electron chi connectivity index (χ3n) is 7.02. The highest BCUT2D eigenvalue weighted by Gasteiger charge is 2.67. The van der Waals surface area contributed by atoms with Crippen LogP contribution >= 0.6 is 0 Å². The van der Waals surface area contributed by atoms with Crippen LogP contribution in [0.1, 0.15) is 36.5 Å². The third kappa shape index (κ3) is 2.90. The number of carbonyl (C=O) groups is 3. The number of aliphatic hydroxyl groups is 3. The van der Waals surface area contributed by atoms with Gasteiger partial charge in [-0.2, -0.15) is 0 Å². The molecule has 1 aromatic carbocycles. The van der Waals surface area contributed by atoms with Gasteiger partial charge in [0.15, 0.2) is 23.9 Å². The monoisotopic (exact) mass is 454 g/mol. The summed E-state index contributed by atoms with van der Waals surface area (Å²) in [6.07, 6.45) is 0.0934. The molecule has 3 aliphatic carbocycles. The quantitative estimate of drug-likeness (QED) is 0.428. The van der Waals surface area contributed by atoms with Crippen LogP contribution < -0.4 is 5.32 Å². The van der Waals surface area contributed by atoms with Crippen molar-refractivity contribution in [3.8, 4) is 5.75 Å². The maximum absolute atomic E-state index is 13.6. The van der Waals surface area contributed by atoms with Crippen LogP contribution in [0.25, 0.3) is 5.76 Å². The molecule has 10 nitrogen and oxygen atoms in total. The van der Waals surface area contributed by atoms with E-state index >= 15 is 0 Å². The lowest BCUT2D eigenvalue weighted by Crippen LogP contribution is -2.50. The summed E-state index contributed by atoms with van der Waals surface area (Å²) in [5.41, 5.74) is 0.635. The molecule has 1 fully saturated rings. The Bertz CT molecular complexity index is 1230. The van der Waals surface area contributed by atoms with Crippen molar-refractivity contribution in [1.82, 2.24) is 5.32 Å². The molecule has 0 bridgehead atoms. The van der Waals surface area contributed by atoms with Gasteiger partial charge in [-0.1, -0.05) is 6.07 Å². The second-order valence-electron chi connectivity index (χ2n) is 8.75. The Labute approximate surface area is 187 Å². The van der Waals surface area contributed by atoms with Gasteiger partial charge in [0.05, 0.1) is 16.8 Å². The Morgan fingerprint density at radius 1 is 1.24 bits per heavy atom. The smallest absolute Gasteiger partial charge is 0.409 e. The van der Waals surface area contributed by atoms with Gasteiger partial charge in [0, 0.05) is 24.5 Å². The Kier molecular flexibility index (Phi) is 4.61. The highest BCUT2D eigenvalue weighted by molar-refractivity contribution is 6.42. The van der Waals surface area contributed by atoms with E-state index in [1.54, 1.807) is 6.07 Å². The molecule has 1 heterocycles. The topological polar surface area (TPSA) is 166 Å². The first-order valence-corrected chi connectivity index (χ1v) is 10.6. The number of hydrogen-bond donors (Lipinski definition) is 5. The van der Waals surface area contributed by atoms with E-state index in [4.69, 9.17) is 5.11 Å². The van der Waals surface area contributed by atoms with Crippen molar-refractivity contribution in [2.75, 3.05) is 6.79 Å². The van der Waals surface area contributed by atoms with Crippen molar-refractivity contribution >= 4 is 29.1 Å². The third-order valence-corrected chi connectivity index (χ3v) is 7.02. The normalized spacial score (nSPS) is 27.1. The molecule has 3 atom stereocenters. The largest absolute Gasteiger partial charge is 0.511 e. The van der Waals surface area contributed by atoms with E-state index in [0.717, 1.165) is 0 Å². The Morgan fingerprint density at radius 3 is 2.70 bits per heavy atom. The number of phenolic OH excluding ortho intramolecular Hbond substituents is 1. The Morgan fingerprint density at radius 2 is 2.00 bits per heavy atom. The molecule has 5 rings (SSSR count). The van der Waals surface area contributed by atoms with Crippen LogP contribution in [0.15, 0.2) is 34.0 Å². The molecular weight excluding hydrogens is 432 g/mol. The minimum absolute atomic E-state index is 0.0247. The van der Waals surface area contributed by atoms with Crippen LogP contribution in [-0.4, -0.2) is 56.1 Å². The summed E-state index contributed by atoms with van der Waals surface area (Å²) in [6.45, 7) is 0.571. The lowest BCUT2D eigenvalue weighted by molar-refractivity contribution is -0.121. The summed E-state index contributed by atoms with van der Waals surface area (Å²) in [5.74, 6) is -2.07. The zero-order chi connectivity index (χ0) is 23.7. The van der Waals surface area contributed by atoms with E-state index in [0.29, 0.717) is 24.0 Å². The van der Waals surface area contributed by atoms with Crippen molar-refractivity contribution in [1.29, 1.82) is 0 Å². The van der Waals surface area contributed by atoms with Gasteiger partial charge in [0.25, 0.3) is 0 Å². The highest BCUT2D eigenvalue weighted by Crippen LogP contribution is 2.58.